The Morgan fingerprint density at radius 2 is 1.82 bits per heavy atom. The maximum Gasteiger partial charge on any atom is 0.299 e. The third kappa shape index (κ3) is 5.77. The van der Waals surface area contributed by atoms with Crippen LogP contribution >= 0.6 is 11.6 Å². The minimum absolute atomic E-state index is 0.187. The Kier molecular flexibility index (Phi) is 7.24. The highest BCUT2D eigenvalue weighted by molar-refractivity contribution is 6.30. The summed E-state index contributed by atoms with van der Waals surface area (Å²) in [7, 11) is 0. The average molecular weight is 527 g/mol. The van der Waals surface area contributed by atoms with Crippen molar-refractivity contribution in [2.24, 2.45) is 0 Å². The molecule has 9 heteroatoms. The topological polar surface area (TPSA) is 98.4 Å². The van der Waals surface area contributed by atoms with E-state index in [9.17, 15) is 9.59 Å². The van der Waals surface area contributed by atoms with E-state index in [2.05, 4.69) is 15.7 Å². The predicted molar refractivity (Wildman–Crippen MR) is 146 cm³/mol. The highest BCUT2D eigenvalue weighted by Gasteiger charge is 2.16. The number of hydrogen-bond donors (Lipinski definition) is 2. The third-order valence-corrected chi connectivity index (χ3v) is 5.90. The van der Waals surface area contributed by atoms with Gasteiger partial charge in [0.25, 0.3) is 11.5 Å². The Labute approximate surface area is 223 Å². The number of rotatable bonds is 8. The highest BCUT2D eigenvalue weighted by atomic mass is 35.5. The Morgan fingerprint density at radius 3 is 2.53 bits per heavy atom. The van der Waals surface area contributed by atoms with Crippen molar-refractivity contribution in [2.75, 3.05) is 5.32 Å². The van der Waals surface area contributed by atoms with Gasteiger partial charge in [-0.15, -0.1) is 0 Å². The van der Waals surface area contributed by atoms with Gasteiger partial charge in [0.15, 0.2) is 11.4 Å². The predicted octanol–water partition coefficient (Wildman–Crippen LogP) is 6.25. The van der Waals surface area contributed by atoms with Gasteiger partial charge in [0.1, 0.15) is 11.5 Å². The van der Waals surface area contributed by atoms with Gasteiger partial charge in [0.05, 0.1) is 24.7 Å². The number of nitrogens with one attached hydrogen (secondary N) is 2. The largest absolute Gasteiger partial charge is 0.467 e. The first-order valence-electron chi connectivity index (χ1n) is 11.8. The molecule has 190 valence electrons. The molecule has 0 aliphatic carbocycles. The number of aryl methyl sites for hydroxylation is 1. The van der Waals surface area contributed by atoms with Crippen LogP contribution in [0.2, 0.25) is 5.02 Å². The highest BCUT2D eigenvalue weighted by Crippen LogP contribution is 2.29. The zero-order valence-electron chi connectivity index (χ0n) is 20.4. The van der Waals surface area contributed by atoms with Gasteiger partial charge in [-0.2, -0.15) is 9.78 Å². The first kappa shape index (κ1) is 24.9. The fourth-order valence-corrected chi connectivity index (χ4v) is 3.86. The molecule has 0 unspecified atom stereocenters. The molecule has 0 saturated heterocycles. The molecular formula is C29H23ClN4O4. The van der Waals surface area contributed by atoms with Crippen LogP contribution in [0.1, 0.15) is 21.7 Å². The summed E-state index contributed by atoms with van der Waals surface area (Å²) in [4.78, 5) is 26.1. The molecule has 0 bridgehead atoms. The van der Waals surface area contributed by atoms with E-state index < -0.39 is 5.56 Å². The number of benzene rings is 3. The van der Waals surface area contributed by atoms with Crippen molar-refractivity contribution in [1.82, 2.24) is 15.1 Å². The van der Waals surface area contributed by atoms with Crippen LogP contribution in [0.25, 0.3) is 5.69 Å². The molecule has 3 aromatic carbocycles. The van der Waals surface area contributed by atoms with Crippen molar-refractivity contribution in [2.45, 2.75) is 13.5 Å². The fourth-order valence-electron chi connectivity index (χ4n) is 3.73. The second-order valence-corrected chi connectivity index (χ2v) is 8.90. The smallest absolute Gasteiger partial charge is 0.299 e. The van der Waals surface area contributed by atoms with E-state index in [1.54, 1.807) is 73.0 Å². The van der Waals surface area contributed by atoms with Crippen molar-refractivity contribution in [3.8, 4) is 17.2 Å². The Hall–Kier alpha value is -4.82. The van der Waals surface area contributed by atoms with Crippen LogP contribution in [0.15, 0.2) is 107 Å². The molecule has 5 aromatic rings. The van der Waals surface area contributed by atoms with Crippen LogP contribution in [0.3, 0.4) is 0 Å². The molecule has 0 radical (unpaired) electrons. The zero-order chi connectivity index (χ0) is 26.5. The van der Waals surface area contributed by atoms with E-state index in [-0.39, 0.29) is 23.9 Å². The first-order chi connectivity index (χ1) is 18.5. The number of amides is 1. The molecule has 2 N–H and O–H groups in total. The Balaban J connectivity index is 1.43. The van der Waals surface area contributed by atoms with Crippen molar-refractivity contribution in [3.63, 3.8) is 0 Å². The van der Waals surface area contributed by atoms with Gasteiger partial charge in [-0.05, 0) is 85.3 Å². The lowest BCUT2D eigenvalue weighted by atomic mass is 10.2. The Morgan fingerprint density at radius 1 is 1.03 bits per heavy atom. The summed E-state index contributed by atoms with van der Waals surface area (Å²) in [5.41, 5.74) is 2.39. The summed E-state index contributed by atoms with van der Waals surface area (Å²) in [6.45, 7) is 2.24. The van der Waals surface area contributed by atoms with E-state index in [1.807, 2.05) is 25.1 Å². The lowest BCUT2D eigenvalue weighted by Gasteiger charge is -2.15. The second kappa shape index (κ2) is 11.1. The van der Waals surface area contributed by atoms with Crippen LogP contribution in [0.5, 0.6) is 11.5 Å². The number of carbonyl (C=O) groups is 1. The molecule has 38 heavy (non-hydrogen) atoms. The fraction of sp³-hybridized carbons (Fsp3) is 0.0690. The lowest BCUT2D eigenvalue weighted by molar-refractivity contribution is 0.0948. The number of ether oxygens (including phenoxy) is 1. The van der Waals surface area contributed by atoms with Gasteiger partial charge in [-0.25, -0.2) is 0 Å². The van der Waals surface area contributed by atoms with Crippen LogP contribution in [0.4, 0.5) is 11.4 Å². The normalized spacial score (nSPS) is 10.7. The second-order valence-electron chi connectivity index (χ2n) is 8.46. The number of anilines is 2. The number of carbonyl (C=O) groups excluding carboxylic acids is 1. The van der Waals surface area contributed by atoms with Crippen LogP contribution in [-0.2, 0) is 6.54 Å². The van der Waals surface area contributed by atoms with Gasteiger partial charge in [-0.1, -0.05) is 23.7 Å². The third-order valence-electron chi connectivity index (χ3n) is 5.65. The van der Waals surface area contributed by atoms with Gasteiger partial charge in [-0.3, -0.25) is 9.59 Å². The summed E-state index contributed by atoms with van der Waals surface area (Å²) >= 11 is 6.01. The minimum atomic E-state index is -0.419. The van der Waals surface area contributed by atoms with Gasteiger partial charge < -0.3 is 19.8 Å². The van der Waals surface area contributed by atoms with E-state index >= 15 is 0 Å². The number of furan rings is 1. The summed E-state index contributed by atoms with van der Waals surface area (Å²) in [6.07, 6.45) is 3.04. The van der Waals surface area contributed by atoms with Crippen molar-refractivity contribution >= 4 is 28.9 Å². The van der Waals surface area contributed by atoms with Crippen LogP contribution in [-0.4, -0.2) is 15.7 Å². The molecule has 0 atom stereocenters. The SMILES string of the molecule is Cc1cccc(Oc2cnn(-c3ccc(Cl)cc3)c(=O)c2Nc2ccc(C(=O)NCc3ccco3)cc2)c1. The molecule has 1 amide bonds. The molecule has 0 spiro atoms. The molecule has 2 aromatic heterocycles. The standard InChI is InChI=1S/C29H23ClN4O4/c1-19-4-2-5-24(16-19)38-26-18-32-34(23-13-9-21(30)10-14-23)29(36)27(26)33-22-11-7-20(8-12-22)28(35)31-17-25-6-3-15-37-25/h2-16,18,33H,17H2,1H3,(H,31,35). The zero-order valence-corrected chi connectivity index (χ0v) is 21.1. The van der Waals surface area contributed by atoms with E-state index in [1.165, 1.54) is 10.9 Å². The van der Waals surface area contributed by atoms with Crippen LogP contribution in [0, 0.1) is 6.92 Å². The first-order valence-corrected chi connectivity index (χ1v) is 12.1. The monoisotopic (exact) mass is 526 g/mol. The molecule has 2 heterocycles. The van der Waals surface area contributed by atoms with Crippen molar-refractivity contribution in [3.05, 3.63) is 130 Å². The maximum atomic E-state index is 13.6. The van der Waals surface area contributed by atoms with Gasteiger partial charge in [0, 0.05) is 16.3 Å². The number of hydrogen-bond acceptors (Lipinski definition) is 6. The molecular weight excluding hydrogens is 504 g/mol. The summed E-state index contributed by atoms with van der Waals surface area (Å²) < 4.78 is 12.6. The lowest BCUT2D eigenvalue weighted by Crippen LogP contribution is -2.24. The Bertz CT molecular complexity index is 1610. The number of aromatic nitrogens is 2. The number of nitrogens with zero attached hydrogens (tertiary/aromatic N) is 2. The molecule has 0 fully saturated rings. The summed E-state index contributed by atoms with van der Waals surface area (Å²) in [5.74, 6) is 1.24. The van der Waals surface area contributed by atoms with Crippen molar-refractivity contribution in [1.29, 1.82) is 0 Å². The van der Waals surface area contributed by atoms with Crippen molar-refractivity contribution < 1.29 is 13.9 Å². The van der Waals surface area contributed by atoms with E-state index in [0.717, 1.165) is 5.56 Å². The molecule has 0 aliphatic rings. The summed E-state index contributed by atoms with van der Waals surface area (Å²) in [5, 5.41) is 10.8. The molecule has 5 rings (SSSR count). The average Bonchev–Trinajstić information content (AvgIpc) is 3.44. The molecule has 0 saturated carbocycles. The quantitative estimate of drug-likeness (QED) is 0.248. The number of halogens is 1. The van der Waals surface area contributed by atoms with Gasteiger partial charge in [0.2, 0.25) is 0 Å². The summed E-state index contributed by atoms with van der Waals surface area (Å²) in [6, 6.07) is 24.6. The molecule has 0 aliphatic heterocycles. The van der Waals surface area contributed by atoms with E-state index in [4.69, 9.17) is 20.8 Å². The molecule has 8 nitrogen and oxygen atoms in total. The van der Waals surface area contributed by atoms with Crippen LogP contribution < -0.4 is 20.9 Å². The van der Waals surface area contributed by atoms with E-state index in [0.29, 0.717) is 33.5 Å². The minimum Gasteiger partial charge on any atom is -0.467 e. The maximum absolute atomic E-state index is 13.6. The van der Waals surface area contributed by atoms with Gasteiger partial charge >= 0.3 is 0 Å².